The number of rotatable bonds is 1. The minimum atomic E-state index is -0.439. The van der Waals surface area contributed by atoms with Gasteiger partial charge in [-0.2, -0.15) is 0 Å². The highest BCUT2D eigenvalue weighted by Crippen LogP contribution is 2.13. The van der Waals surface area contributed by atoms with Crippen molar-refractivity contribution >= 4 is 5.97 Å². The maximum atomic E-state index is 11.6. The molecule has 0 N–H and O–H groups in total. The molecule has 1 aliphatic heterocycles. The van der Waals surface area contributed by atoms with Crippen LogP contribution < -0.4 is 0 Å². The molecule has 0 aliphatic carbocycles. The zero-order valence-electron chi connectivity index (χ0n) is 4.39. The Kier molecular flexibility index (Phi) is 1.46. The van der Waals surface area contributed by atoms with Gasteiger partial charge in [-0.05, 0) is 0 Å². The monoisotopic (exact) mass is 118 g/mol. The molecule has 0 spiro atoms. The van der Waals surface area contributed by atoms with E-state index in [9.17, 15) is 9.18 Å². The van der Waals surface area contributed by atoms with Gasteiger partial charge in [-0.3, -0.25) is 9.18 Å². The number of halogens is 1. The fourth-order valence-electron chi connectivity index (χ4n) is 0.663. The molecule has 0 aromatic carbocycles. The lowest BCUT2D eigenvalue weighted by Gasteiger charge is -1.92. The van der Waals surface area contributed by atoms with Gasteiger partial charge in [0, 0.05) is 5.92 Å². The van der Waals surface area contributed by atoms with Crippen molar-refractivity contribution in [3.8, 4) is 0 Å². The average Bonchev–Trinajstić information content (AvgIpc) is 2.14. The lowest BCUT2D eigenvalue weighted by atomic mass is 10.1. The van der Waals surface area contributed by atoms with E-state index in [4.69, 9.17) is 0 Å². The van der Waals surface area contributed by atoms with Crippen LogP contribution in [0.3, 0.4) is 0 Å². The zero-order valence-corrected chi connectivity index (χ0v) is 4.39. The molecule has 1 saturated heterocycles. The molecule has 1 rings (SSSR count). The number of esters is 1. The summed E-state index contributed by atoms with van der Waals surface area (Å²) >= 11 is 0. The number of hydrogen-bond acceptors (Lipinski definition) is 2. The number of cyclic esters (lactones) is 1. The molecule has 0 radical (unpaired) electrons. The third kappa shape index (κ3) is 0.967. The highest BCUT2D eigenvalue weighted by atomic mass is 19.1. The molecule has 0 amide bonds. The summed E-state index contributed by atoms with van der Waals surface area (Å²) in [5.41, 5.74) is 0. The fourth-order valence-corrected chi connectivity index (χ4v) is 0.663. The van der Waals surface area contributed by atoms with Crippen molar-refractivity contribution in [2.45, 2.75) is 6.42 Å². The summed E-state index contributed by atoms with van der Waals surface area (Å²) in [5, 5.41) is 0. The molecule has 1 atom stereocenters. The topological polar surface area (TPSA) is 26.3 Å². The van der Waals surface area contributed by atoms with Crippen LogP contribution in [0, 0.1) is 5.92 Å². The Bertz CT molecular complexity index is 103. The summed E-state index contributed by atoms with van der Waals surface area (Å²) in [6.07, 6.45) is 0.260. The number of alkyl halides is 1. The van der Waals surface area contributed by atoms with E-state index in [1.807, 2.05) is 0 Å². The van der Waals surface area contributed by atoms with Crippen molar-refractivity contribution < 1.29 is 13.9 Å². The average molecular weight is 118 g/mol. The Morgan fingerprint density at radius 3 is 2.88 bits per heavy atom. The van der Waals surface area contributed by atoms with E-state index in [2.05, 4.69) is 4.74 Å². The predicted octanol–water partition coefficient (Wildman–Crippen LogP) is 0.519. The van der Waals surface area contributed by atoms with Crippen molar-refractivity contribution in [2.24, 2.45) is 5.92 Å². The van der Waals surface area contributed by atoms with Gasteiger partial charge >= 0.3 is 5.97 Å². The molecule has 0 aromatic heterocycles. The molecular weight excluding hydrogens is 111 g/mol. The van der Waals surface area contributed by atoms with Gasteiger partial charge in [0.15, 0.2) is 0 Å². The Balaban J connectivity index is 2.32. The molecule has 2 nitrogen and oxygen atoms in total. The summed E-state index contributed by atoms with van der Waals surface area (Å²) < 4.78 is 16.1. The van der Waals surface area contributed by atoms with Crippen LogP contribution in [0.4, 0.5) is 4.39 Å². The molecule has 3 heteroatoms. The smallest absolute Gasteiger partial charge is 0.306 e. The summed E-state index contributed by atoms with van der Waals surface area (Å²) in [6.45, 7) is -0.166. The molecule has 0 aromatic rings. The van der Waals surface area contributed by atoms with E-state index in [0.29, 0.717) is 0 Å². The van der Waals surface area contributed by atoms with E-state index in [1.54, 1.807) is 0 Å². The van der Waals surface area contributed by atoms with Gasteiger partial charge in [0.25, 0.3) is 0 Å². The van der Waals surface area contributed by atoms with Crippen LogP contribution >= 0.6 is 0 Å². The summed E-state index contributed by atoms with van der Waals surface area (Å²) in [5.74, 6) is -0.435. The molecular formula is C5H7FO2. The van der Waals surface area contributed by atoms with Crippen molar-refractivity contribution in [2.75, 3.05) is 13.3 Å². The second kappa shape index (κ2) is 2.11. The van der Waals surface area contributed by atoms with Crippen LogP contribution in [-0.4, -0.2) is 19.3 Å². The van der Waals surface area contributed by atoms with Crippen LogP contribution in [0.5, 0.6) is 0 Å². The van der Waals surface area contributed by atoms with Gasteiger partial charge in [-0.1, -0.05) is 0 Å². The highest BCUT2D eigenvalue weighted by Gasteiger charge is 2.22. The fraction of sp³-hybridized carbons (Fsp3) is 0.800. The van der Waals surface area contributed by atoms with Gasteiger partial charge in [-0.25, -0.2) is 0 Å². The highest BCUT2D eigenvalue weighted by molar-refractivity contribution is 5.71. The first-order valence-corrected chi connectivity index (χ1v) is 2.54. The minimum absolute atomic E-state index is 0.164. The lowest BCUT2D eigenvalue weighted by Crippen LogP contribution is -1.99. The van der Waals surface area contributed by atoms with E-state index < -0.39 is 6.67 Å². The van der Waals surface area contributed by atoms with Crippen molar-refractivity contribution in [1.29, 1.82) is 0 Å². The standard InChI is InChI=1S/C5H7FO2/c6-2-4-1-5(7)8-3-4/h4H,1-3H2/t4-/m0/s1. The number of carbonyl (C=O) groups is 1. The maximum Gasteiger partial charge on any atom is 0.306 e. The first-order valence-electron chi connectivity index (χ1n) is 2.54. The quantitative estimate of drug-likeness (QED) is 0.469. The molecule has 8 heavy (non-hydrogen) atoms. The van der Waals surface area contributed by atoms with Crippen LogP contribution in [0.1, 0.15) is 6.42 Å². The van der Waals surface area contributed by atoms with Gasteiger partial charge in [0.2, 0.25) is 0 Å². The largest absolute Gasteiger partial charge is 0.465 e. The Morgan fingerprint density at radius 1 is 1.88 bits per heavy atom. The van der Waals surface area contributed by atoms with Crippen LogP contribution in [0.2, 0.25) is 0 Å². The lowest BCUT2D eigenvalue weighted by molar-refractivity contribution is -0.137. The van der Waals surface area contributed by atoms with Crippen LogP contribution in [0.25, 0.3) is 0 Å². The predicted molar refractivity (Wildman–Crippen MR) is 25.0 cm³/mol. The maximum absolute atomic E-state index is 11.6. The van der Waals surface area contributed by atoms with E-state index in [-0.39, 0.29) is 24.9 Å². The normalized spacial score (nSPS) is 28.1. The van der Waals surface area contributed by atoms with Crippen LogP contribution in [-0.2, 0) is 9.53 Å². The molecule has 1 fully saturated rings. The molecule has 46 valence electrons. The summed E-state index contributed by atoms with van der Waals surface area (Å²) in [7, 11) is 0. The van der Waals surface area contributed by atoms with E-state index in [0.717, 1.165) is 0 Å². The number of hydrogen-bond donors (Lipinski definition) is 0. The van der Waals surface area contributed by atoms with Crippen molar-refractivity contribution in [3.63, 3.8) is 0 Å². The van der Waals surface area contributed by atoms with Crippen molar-refractivity contribution in [3.05, 3.63) is 0 Å². The van der Waals surface area contributed by atoms with Crippen LogP contribution in [0.15, 0.2) is 0 Å². The second-order valence-corrected chi connectivity index (χ2v) is 1.91. The van der Waals surface area contributed by atoms with Gasteiger partial charge in [0.1, 0.15) is 0 Å². The van der Waals surface area contributed by atoms with E-state index in [1.165, 1.54) is 0 Å². The van der Waals surface area contributed by atoms with Gasteiger partial charge in [0.05, 0.1) is 19.7 Å². The van der Waals surface area contributed by atoms with Gasteiger partial charge in [-0.15, -0.1) is 0 Å². The zero-order chi connectivity index (χ0) is 5.98. The summed E-state index contributed by atoms with van der Waals surface area (Å²) in [4.78, 5) is 10.2. The Morgan fingerprint density at radius 2 is 2.62 bits per heavy atom. The molecule has 1 heterocycles. The molecule has 0 unspecified atom stereocenters. The third-order valence-electron chi connectivity index (χ3n) is 1.15. The Hall–Kier alpha value is -0.600. The third-order valence-corrected chi connectivity index (χ3v) is 1.15. The SMILES string of the molecule is O=C1C[C@@H](CF)CO1. The molecule has 1 aliphatic rings. The van der Waals surface area contributed by atoms with Gasteiger partial charge < -0.3 is 4.74 Å². The first kappa shape index (κ1) is 5.54. The van der Waals surface area contributed by atoms with Crippen molar-refractivity contribution in [1.82, 2.24) is 0 Å². The second-order valence-electron chi connectivity index (χ2n) is 1.91. The number of carbonyl (C=O) groups excluding carboxylic acids is 1. The minimum Gasteiger partial charge on any atom is -0.465 e. The summed E-state index contributed by atoms with van der Waals surface area (Å²) in [6, 6.07) is 0. The Labute approximate surface area is 46.6 Å². The van der Waals surface area contributed by atoms with E-state index >= 15 is 0 Å². The first-order chi connectivity index (χ1) is 3.83. The number of ether oxygens (including phenoxy) is 1. The molecule has 0 bridgehead atoms. The molecule has 0 saturated carbocycles.